The van der Waals surface area contributed by atoms with Crippen LogP contribution in [0.25, 0.3) is 0 Å². The van der Waals surface area contributed by atoms with Crippen molar-refractivity contribution in [1.29, 1.82) is 5.26 Å². The molecule has 37 heavy (non-hydrogen) atoms. The maximum atomic E-state index is 12.4. The number of aliphatic hydroxyl groups is 1. The first kappa shape index (κ1) is 26.4. The van der Waals surface area contributed by atoms with Crippen LogP contribution in [0.2, 0.25) is 0 Å². The average molecular weight is 517 g/mol. The van der Waals surface area contributed by atoms with Gasteiger partial charge in [0.15, 0.2) is 0 Å². The summed E-state index contributed by atoms with van der Waals surface area (Å²) in [6.45, 7) is 1.31. The minimum absolute atomic E-state index is 0.00703. The maximum absolute atomic E-state index is 12.4. The van der Waals surface area contributed by atoms with E-state index in [1.807, 2.05) is 60.7 Å². The number of piperidine rings is 1. The molecule has 1 heterocycles. The fourth-order valence-electron chi connectivity index (χ4n) is 4.90. The highest BCUT2D eigenvalue weighted by Crippen LogP contribution is 2.42. The van der Waals surface area contributed by atoms with Gasteiger partial charge in [-0.25, -0.2) is 12.7 Å². The average Bonchev–Trinajstić information content (AvgIpc) is 2.93. The fourth-order valence-corrected chi connectivity index (χ4v) is 5.80. The van der Waals surface area contributed by atoms with Gasteiger partial charge < -0.3 is 15.3 Å². The summed E-state index contributed by atoms with van der Waals surface area (Å²) in [4.78, 5) is 2.30. The van der Waals surface area contributed by atoms with Crippen molar-refractivity contribution in [2.75, 3.05) is 32.5 Å². The van der Waals surface area contributed by atoms with E-state index < -0.39 is 15.6 Å². The topological polar surface area (TPSA) is 96.7 Å². The molecule has 1 aliphatic rings. The molecule has 1 fully saturated rings. The normalized spacial score (nSPS) is 15.4. The first-order valence-corrected chi connectivity index (χ1v) is 13.7. The van der Waals surface area contributed by atoms with Gasteiger partial charge in [-0.3, -0.25) is 0 Å². The molecule has 3 aromatic carbocycles. The van der Waals surface area contributed by atoms with Crippen LogP contribution in [0, 0.1) is 17.2 Å². The second-order valence-corrected chi connectivity index (χ2v) is 11.5. The van der Waals surface area contributed by atoms with E-state index in [-0.39, 0.29) is 10.8 Å². The van der Waals surface area contributed by atoms with Crippen LogP contribution in [0.1, 0.15) is 24.0 Å². The molecule has 1 aliphatic heterocycles. The Bertz CT molecular complexity index is 1320. The van der Waals surface area contributed by atoms with Crippen LogP contribution in [0.5, 0.6) is 0 Å². The Kier molecular flexibility index (Phi) is 7.98. The lowest BCUT2D eigenvalue weighted by molar-refractivity contribution is -0.00983. The molecule has 0 radical (unpaired) electrons. The molecule has 0 bridgehead atoms. The van der Waals surface area contributed by atoms with Crippen LogP contribution >= 0.6 is 0 Å². The van der Waals surface area contributed by atoms with Gasteiger partial charge in [0.25, 0.3) is 0 Å². The first-order valence-electron chi connectivity index (χ1n) is 12.2. The highest BCUT2D eigenvalue weighted by molar-refractivity contribution is 7.89. The van der Waals surface area contributed by atoms with E-state index in [9.17, 15) is 18.8 Å². The van der Waals surface area contributed by atoms with Crippen molar-refractivity contribution < 1.29 is 13.5 Å². The van der Waals surface area contributed by atoms with Crippen molar-refractivity contribution in [3.8, 4) is 6.07 Å². The van der Waals surface area contributed by atoms with Crippen molar-refractivity contribution >= 4 is 15.7 Å². The molecule has 8 heteroatoms. The van der Waals surface area contributed by atoms with Crippen LogP contribution in [0.4, 0.5) is 5.69 Å². The number of nitriles is 1. The minimum atomic E-state index is -3.51. The largest absolute Gasteiger partial charge is 0.380 e. The zero-order valence-corrected chi connectivity index (χ0v) is 21.9. The molecule has 3 aromatic rings. The first-order chi connectivity index (χ1) is 17.8. The summed E-state index contributed by atoms with van der Waals surface area (Å²) >= 11 is 0. The molecule has 1 saturated heterocycles. The van der Waals surface area contributed by atoms with Gasteiger partial charge in [-0.2, -0.15) is 5.26 Å². The van der Waals surface area contributed by atoms with Gasteiger partial charge in [0.1, 0.15) is 11.4 Å². The highest BCUT2D eigenvalue weighted by Gasteiger charge is 2.41. The van der Waals surface area contributed by atoms with Crippen molar-refractivity contribution in [2.45, 2.75) is 23.3 Å². The molecule has 0 saturated carbocycles. The molecule has 2 N–H and O–H groups in total. The predicted molar refractivity (Wildman–Crippen MR) is 145 cm³/mol. The van der Waals surface area contributed by atoms with E-state index in [2.05, 4.69) is 16.3 Å². The summed E-state index contributed by atoms with van der Waals surface area (Å²) in [6, 6.07) is 28.2. The monoisotopic (exact) mass is 516 g/mol. The number of hydrogen-bond acceptors (Lipinski definition) is 6. The molecular formula is C29H32N4O3S. The van der Waals surface area contributed by atoms with Crippen LogP contribution in [-0.2, 0) is 15.6 Å². The second kappa shape index (κ2) is 11.2. The molecule has 0 spiro atoms. The second-order valence-electron chi connectivity index (χ2n) is 9.36. The lowest BCUT2D eigenvalue weighted by Crippen LogP contribution is -2.44. The van der Waals surface area contributed by atoms with Crippen LogP contribution in [0.3, 0.4) is 0 Å². The lowest BCUT2D eigenvalue weighted by atomic mass is 9.72. The fraction of sp³-hybridized carbons (Fsp3) is 0.276. The van der Waals surface area contributed by atoms with Gasteiger partial charge in [-0.15, -0.1) is 0 Å². The molecule has 0 amide bonds. The SMILES string of the molecule is CN(C)S(=O)(=O)c1ccc(N/C(=C/C#N)N2CCC(C(O)(c3ccccc3)c3ccccc3)CC2)cc1. The highest BCUT2D eigenvalue weighted by atomic mass is 32.2. The van der Waals surface area contributed by atoms with Crippen molar-refractivity contribution in [3.63, 3.8) is 0 Å². The smallest absolute Gasteiger partial charge is 0.242 e. The third kappa shape index (κ3) is 5.54. The molecule has 0 atom stereocenters. The maximum Gasteiger partial charge on any atom is 0.242 e. The standard InChI is InChI=1S/C29H32N4O3S/c1-32(2)37(35,36)27-15-13-26(14-16-27)31-28(17-20-30)33-21-18-25(19-22-33)29(34,23-9-5-3-6-10-23)24-11-7-4-8-12-24/h3-17,25,31,34H,18-19,21-22H2,1-2H3/b28-17-. The van der Waals surface area contributed by atoms with E-state index in [0.29, 0.717) is 24.6 Å². The lowest BCUT2D eigenvalue weighted by Gasteiger charge is -2.43. The molecule has 0 aliphatic carbocycles. The van der Waals surface area contributed by atoms with E-state index in [1.54, 1.807) is 24.3 Å². The number of sulfonamides is 1. The zero-order valence-electron chi connectivity index (χ0n) is 21.1. The number of allylic oxidation sites excluding steroid dienone is 1. The van der Waals surface area contributed by atoms with Gasteiger partial charge in [0.05, 0.1) is 17.0 Å². The van der Waals surface area contributed by atoms with Crippen molar-refractivity contribution in [1.82, 2.24) is 9.21 Å². The Hall–Kier alpha value is -3.64. The molecule has 0 aromatic heterocycles. The number of rotatable bonds is 8. The van der Waals surface area contributed by atoms with E-state index in [1.165, 1.54) is 24.5 Å². The third-order valence-corrected chi connectivity index (χ3v) is 8.79. The quantitative estimate of drug-likeness (QED) is 0.432. The van der Waals surface area contributed by atoms with Gasteiger partial charge >= 0.3 is 0 Å². The predicted octanol–water partition coefficient (Wildman–Crippen LogP) is 4.36. The summed E-state index contributed by atoms with van der Waals surface area (Å²) in [5, 5.41) is 24.8. The van der Waals surface area contributed by atoms with E-state index >= 15 is 0 Å². The van der Waals surface area contributed by atoms with E-state index in [4.69, 9.17) is 0 Å². The van der Waals surface area contributed by atoms with Crippen LogP contribution < -0.4 is 5.32 Å². The van der Waals surface area contributed by atoms with Crippen molar-refractivity contribution in [2.24, 2.45) is 5.92 Å². The number of benzene rings is 3. The summed E-state index contributed by atoms with van der Waals surface area (Å²) in [5.41, 5.74) is 1.32. The Morgan fingerprint density at radius 3 is 1.95 bits per heavy atom. The molecule has 4 rings (SSSR count). The molecular weight excluding hydrogens is 484 g/mol. The summed E-state index contributed by atoms with van der Waals surface area (Å²) in [5.74, 6) is 0.638. The Labute approximate surface area is 219 Å². The summed E-state index contributed by atoms with van der Waals surface area (Å²) in [6.07, 6.45) is 2.92. The van der Waals surface area contributed by atoms with Gasteiger partial charge in [0, 0.05) is 32.9 Å². The van der Waals surface area contributed by atoms with Gasteiger partial charge in [0.2, 0.25) is 10.0 Å². The zero-order chi connectivity index (χ0) is 26.5. The summed E-state index contributed by atoms with van der Waals surface area (Å²) in [7, 11) is -0.523. The Morgan fingerprint density at radius 1 is 0.973 bits per heavy atom. The third-order valence-electron chi connectivity index (χ3n) is 6.96. The Balaban J connectivity index is 1.51. The molecule has 7 nitrogen and oxygen atoms in total. The van der Waals surface area contributed by atoms with Crippen LogP contribution in [-0.4, -0.2) is 49.9 Å². The number of anilines is 1. The van der Waals surface area contributed by atoms with Gasteiger partial charge in [-0.05, 0) is 54.2 Å². The number of hydrogen-bond donors (Lipinski definition) is 2. The van der Waals surface area contributed by atoms with Crippen LogP contribution in [0.15, 0.2) is 102 Å². The van der Waals surface area contributed by atoms with Gasteiger partial charge in [-0.1, -0.05) is 60.7 Å². The van der Waals surface area contributed by atoms with Crippen molar-refractivity contribution in [3.05, 3.63) is 108 Å². The number of nitrogens with one attached hydrogen (secondary N) is 1. The summed E-state index contributed by atoms with van der Waals surface area (Å²) < 4.78 is 25.9. The molecule has 192 valence electrons. The Morgan fingerprint density at radius 2 is 1.49 bits per heavy atom. The number of nitrogens with zero attached hydrogens (tertiary/aromatic N) is 3. The number of likely N-dealkylation sites (tertiary alicyclic amines) is 1. The molecule has 0 unspecified atom stereocenters. The minimum Gasteiger partial charge on any atom is -0.380 e. The van der Waals surface area contributed by atoms with E-state index in [0.717, 1.165) is 24.0 Å².